The van der Waals surface area contributed by atoms with E-state index in [1.165, 1.54) is 60.9 Å². The fraction of sp³-hybridized carbons (Fsp3) is 0.176. The van der Waals surface area contributed by atoms with E-state index in [2.05, 4.69) is 191 Å². The molecule has 4 aromatic heterocycles. The molecule has 0 fully saturated rings. The molecule has 0 spiro atoms. The standard InChI is InChI=1S/C51H42N4.Pt/c1-31-15-12-16-32(2)47(31)54(36-19-13-17-33(27-36)42-29-35(25-26-52-42)50(3,4)5)37-20-14-18-34(28-37)43-30-40-45-48(38-21-8-10-23-41(38)51(45,6)7)55-44-24-11-9-22-39(44)46(53-43)49(40)55;/h8-26,29-30H,1-7H3;/q-2;+2. The second-order valence-electron chi connectivity index (χ2n) is 16.7. The van der Waals surface area contributed by atoms with Crippen molar-refractivity contribution in [2.45, 2.75) is 59.3 Å². The number of pyridine rings is 2. The molecule has 0 atom stereocenters. The number of aromatic nitrogens is 3. The summed E-state index contributed by atoms with van der Waals surface area (Å²) in [6.07, 6.45) is 1.91. The Kier molecular flexibility index (Phi) is 8.38. The molecule has 0 amide bonds. The summed E-state index contributed by atoms with van der Waals surface area (Å²) in [7, 11) is 0. The summed E-state index contributed by atoms with van der Waals surface area (Å²) in [5, 5.41) is 2.42. The normalized spacial score (nSPS) is 13.3. The molecule has 4 nitrogen and oxygen atoms in total. The van der Waals surface area contributed by atoms with Gasteiger partial charge in [-0.2, -0.15) is 0 Å². The van der Waals surface area contributed by atoms with Crippen molar-refractivity contribution in [2.75, 3.05) is 4.90 Å². The van der Waals surface area contributed by atoms with Crippen molar-refractivity contribution in [3.05, 3.63) is 167 Å². The summed E-state index contributed by atoms with van der Waals surface area (Å²) < 4.78 is 2.47. The van der Waals surface area contributed by atoms with E-state index in [0.29, 0.717) is 0 Å². The van der Waals surface area contributed by atoms with Crippen LogP contribution in [0.4, 0.5) is 17.1 Å². The molecule has 0 saturated carbocycles. The van der Waals surface area contributed by atoms with Crippen LogP contribution in [0.15, 0.2) is 128 Å². The predicted octanol–water partition coefficient (Wildman–Crippen LogP) is 13.1. The number of fused-ring (bicyclic) bond motifs is 8. The SMILES string of the molecule is Cc1cccc(C)c1N(c1[c-]c(-c2cc(C(C)(C)C)ccn2)ccc1)c1[c-]c(-c2cc3c4c(n5c6ccccc6c(n2)c35)-c2ccccc2C4(C)C)ccc1.[Pt+2]. The Morgan fingerprint density at radius 2 is 1.32 bits per heavy atom. The first-order chi connectivity index (χ1) is 26.5. The number of nitrogens with zero attached hydrogens (tertiary/aromatic N) is 4. The molecule has 1 aliphatic carbocycles. The number of rotatable bonds is 5. The zero-order valence-electron chi connectivity index (χ0n) is 32.7. The van der Waals surface area contributed by atoms with Crippen LogP contribution in [0.3, 0.4) is 0 Å². The number of benzene rings is 5. The second-order valence-corrected chi connectivity index (χ2v) is 16.7. The Balaban J connectivity index is 0.00000410. The summed E-state index contributed by atoms with van der Waals surface area (Å²) in [5.41, 5.74) is 18.9. The summed E-state index contributed by atoms with van der Waals surface area (Å²) in [6.45, 7) is 15.8. The molecule has 10 rings (SSSR count). The number of aryl methyl sites for hydroxylation is 2. The van der Waals surface area contributed by atoms with Crippen LogP contribution in [0.1, 0.15) is 62.4 Å². The molecule has 1 aliphatic rings. The van der Waals surface area contributed by atoms with Crippen LogP contribution in [-0.4, -0.2) is 14.4 Å². The van der Waals surface area contributed by atoms with Crippen molar-refractivity contribution in [1.29, 1.82) is 0 Å². The van der Waals surface area contributed by atoms with E-state index >= 15 is 0 Å². The van der Waals surface area contributed by atoms with E-state index in [1.54, 1.807) is 0 Å². The number of hydrogen-bond donors (Lipinski definition) is 0. The predicted molar refractivity (Wildman–Crippen MR) is 228 cm³/mol. The fourth-order valence-corrected chi connectivity index (χ4v) is 9.05. The third-order valence-corrected chi connectivity index (χ3v) is 11.7. The molecule has 0 bridgehead atoms. The van der Waals surface area contributed by atoms with Crippen LogP contribution < -0.4 is 4.90 Å². The maximum absolute atomic E-state index is 5.48. The molecule has 0 saturated heterocycles. The van der Waals surface area contributed by atoms with Crippen LogP contribution in [0, 0.1) is 26.0 Å². The summed E-state index contributed by atoms with van der Waals surface area (Å²) in [4.78, 5) is 12.6. The Hall–Kier alpha value is -5.57. The maximum atomic E-state index is 5.48. The third kappa shape index (κ3) is 5.37. The monoisotopic (exact) mass is 905 g/mol. The van der Waals surface area contributed by atoms with Gasteiger partial charge in [-0.1, -0.05) is 107 Å². The van der Waals surface area contributed by atoms with E-state index < -0.39 is 0 Å². The smallest absolute Gasteiger partial charge is 0.346 e. The fourth-order valence-electron chi connectivity index (χ4n) is 9.05. The summed E-state index contributed by atoms with van der Waals surface area (Å²) in [6, 6.07) is 51.1. The maximum Gasteiger partial charge on any atom is 2.00 e. The minimum Gasteiger partial charge on any atom is -0.346 e. The van der Waals surface area contributed by atoms with Gasteiger partial charge in [0, 0.05) is 28.2 Å². The van der Waals surface area contributed by atoms with Gasteiger partial charge >= 0.3 is 21.1 Å². The average Bonchev–Trinajstić information content (AvgIpc) is 3.79. The summed E-state index contributed by atoms with van der Waals surface area (Å²) >= 11 is 0. The first kappa shape index (κ1) is 36.1. The second kappa shape index (κ2) is 13.0. The molecule has 0 aliphatic heterocycles. The molecule has 5 heteroatoms. The van der Waals surface area contributed by atoms with Gasteiger partial charge in [0.15, 0.2) is 0 Å². The molecule has 4 heterocycles. The third-order valence-electron chi connectivity index (χ3n) is 11.7. The van der Waals surface area contributed by atoms with Crippen molar-refractivity contribution in [3.8, 4) is 33.8 Å². The number of anilines is 3. The minimum atomic E-state index is -0.162. The first-order valence-corrected chi connectivity index (χ1v) is 19.2. The van der Waals surface area contributed by atoms with Crippen LogP contribution in [0.5, 0.6) is 0 Å². The topological polar surface area (TPSA) is 33.4 Å². The minimum absolute atomic E-state index is 0. The van der Waals surface area contributed by atoms with Crippen LogP contribution in [0.25, 0.3) is 61.1 Å². The average molecular weight is 906 g/mol. The van der Waals surface area contributed by atoms with Gasteiger partial charge in [0.05, 0.1) is 22.2 Å². The van der Waals surface area contributed by atoms with Crippen molar-refractivity contribution in [3.63, 3.8) is 0 Å². The zero-order valence-corrected chi connectivity index (χ0v) is 35.0. The number of hydrogen-bond acceptors (Lipinski definition) is 3. The largest absolute Gasteiger partial charge is 2.00 e. The molecular weight excluding hydrogens is 864 g/mol. The zero-order chi connectivity index (χ0) is 37.8. The molecule has 5 aromatic carbocycles. The Morgan fingerprint density at radius 3 is 2.04 bits per heavy atom. The van der Waals surface area contributed by atoms with Crippen molar-refractivity contribution < 1.29 is 21.1 Å². The van der Waals surface area contributed by atoms with Crippen molar-refractivity contribution in [2.24, 2.45) is 0 Å². The van der Waals surface area contributed by atoms with Gasteiger partial charge in [0.2, 0.25) is 0 Å². The van der Waals surface area contributed by atoms with Crippen LogP contribution in [-0.2, 0) is 31.9 Å². The quantitative estimate of drug-likeness (QED) is 0.161. The molecule has 0 unspecified atom stereocenters. The Labute approximate surface area is 343 Å². The van der Waals surface area contributed by atoms with Gasteiger partial charge in [0.25, 0.3) is 0 Å². The van der Waals surface area contributed by atoms with Gasteiger partial charge in [-0.15, -0.1) is 59.7 Å². The van der Waals surface area contributed by atoms with Gasteiger partial charge in [-0.3, -0.25) is 4.98 Å². The molecule has 276 valence electrons. The van der Waals surface area contributed by atoms with Crippen molar-refractivity contribution >= 4 is 44.4 Å². The van der Waals surface area contributed by atoms with Gasteiger partial charge < -0.3 is 14.3 Å². The van der Waals surface area contributed by atoms with E-state index in [-0.39, 0.29) is 31.9 Å². The molecule has 9 aromatic rings. The Morgan fingerprint density at radius 1 is 0.679 bits per heavy atom. The first-order valence-electron chi connectivity index (χ1n) is 19.2. The number of para-hydroxylation sites is 2. The van der Waals surface area contributed by atoms with E-state index in [0.717, 1.165) is 45.1 Å². The van der Waals surface area contributed by atoms with E-state index in [4.69, 9.17) is 9.97 Å². The van der Waals surface area contributed by atoms with E-state index in [9.17, 15) is 0 Å². The summed E-state index contributed by atoms with van der Waals surface area (Å²) in [5.74, 6) is 0. The molecule has 0 N–H and O–H groups in total. The molecule has 56 heavy (non-hydrogen) atoms. The van der Waals surface area contributed by atoms with Crippen molar-refractivity contribution in [1.82, 2.24) is 14.4 Å². The van der Waals surface area contributed by atoms with Gasteiger partial charge in [-0.05, 0) is 87.4 Å². The van der Waals surface area contributed by atoms with Gasteiger partial charge in [-0.25, -0.2) is 0 Å². The van der Waals surface area contributed by atoms with Gasteiger partial charge in [0.1, 0.15) is 0 Å². The Bertz CT molecular complexity index is 2960. The van der Waals surface area contributed by atoms with E-state index in [1.807, 2.05) is 6.20 Å². The van der Waals surface area contributed by atoms with Crippen LogP contribution in [0.2, 0.25) is 0 Å². The molecular formula is C51H42N4Pt. The molecule has 0 radical (unpaired) electrons. The van der Waals surface area contributed by atoms with Crippen LogP contribution >= 0.6 is 0 Å².